The van der Waals surface area contributed by atoms with Gasteiger partial charge >= 0.3 is 0 Å². The number of amides is 1. The second kappa shape index (κ2) is 5.63. The average molecular weight is 337 g/mol. The maximum Gasteiger partial charge on any atom is 0.258 e. The fourth-order valence-electron chi connectivity index (χ4n) is 1.87. The Hall–Kier alpha value is -1.88. The quantitative estimate of drug-likeness (QED) is 0.813. The summed E-state index contributed by atoms with van der Waals surface area (Å²) in [6.07, 6.45) is 0. The van der Waals surface area contributed by atoms with E-state index in [1.54, 1.807) is 18.2 Å². The molecule has 3 N–H and O–H groups in total. The van der Waals surface area contributed by atoms with Gasteiger partial charge in [0.15, 0.2) is 0 Å². The molecule has 5 heteroatoms. The lowest BCUT2D eigenvalue weighted by Crippen LogP contribution is -2.15. The van der Waals surface area contributed by atoms with Crippen molar-refractivity contribution in [2.75, 3.05) is 11.1 Å². The van der Waals surface area contributed by atoms with Crippen LogP contribution < -0.4 is 11.1 Å². The summed E-state index contributed by atoms with van der Waals surface area (Å²) in [4.78, 5) is 12.1. The summed E-state index contributed by atoms with van der Waals surface area (Å²) in [6, 6.07) is 8.14. The molecule has 2 rings (SSSR count). The zero-order chi connectivity index (χ0) is 14.9. The van der Waals surface area contributed by atoms with Crippen LogP contribution in [0.25, 0.3) is 0 Å². The minimum atomic E-state index is -0.581. The smallest absolute Gasteiger partial charge is 0.258 e. The van der Waals surface area contributed by atoms with Gasteiger partial charge in [-0.3, -0.25) is 4.79 Å². The molecule has 0 aliphatic heterocycles. The second-order valence-electron chi connectivity index (χ2n) is 4.58. The van der Waals surface area contributed by atoms with Crippen molar-refractivity contribution in [2.24, 2.45) is 0 Å². The number of nitrogens with two attached hydrogens (primary N) is 1. The highest BCUT2D eigenvalue weighted by molar-refractivity contribution is 9.10. The van der Waals surface area contributed by atoms with Gasteiger partial charge in [-0.05, 0) is 59.1 Å². The molecule has 0 saturated heterocycles. The van der Waals surface area contributed by atoms with Crippen molar-refractivity contribution < 1.29 is 9.18 Å². The van der Waals surface area contributed by atoms with E-state index in [2.05, 4.69) is 21.2 Å². The SMILES string of the molecule is Cc1cc(C)c(NC(=O)c2cccc(Br)c2F)cc1N. The summed E-state index contributed by atoms with van der Waals surface area (Å²) in [5, 5.41) is 2.68. The molecule has 0 aliphatic rings. The number of halogens is 2. The molecule has 0 bridgehead atoms. The lowest BCUT2D eigenvalue weighted by Gasteiger charge is -2.12. The zero-order valence-electron chi connectivity index (χ0n) is 11.1. The van der Waals surface area contributed by atoms with Gasteiger partial charge in [0, 0.05) is 11.4 Å². The second-order valence-corrected chi connectivity index (χ2v) is 5.43. The Bertz CT molecular complexity index is 686. The molecular weight excluding hydrogens is 323 g/mol. The van der Waals surface area contributed by atoms with E-state index in [1.165, 1.54) is 6.07 Å². The van der Waals surface area contributed by atoms with Crippen LogP contribution in [0.2, 0.25) is 0 Å². The van der Waals surface area contributed by atoms with Crippen LogP contribution >= 0.6 is 15.9 Å². The van der Waals surface area contributed by atoms with Crippen LogP contribution in [0.1, 0.15) is 21.5 Å². The summed E-state index contributed by atoms with van der Waals surface area (Å²) >= 11 is 3.06. The number of hydrogen-bond donors (Lipinski definition) is 2. The predicted octanol–water partition coefficient (Wildman–Crippen LogP) is 4.04. The minimum absolute atomic E-state index is 0.0158. The fourth-order valence-corrected chi connectivity index (χ4v) is 2.24. The van der Waals surface area contributed by atoms with E-state index >= 15 is 0 Å². The molecule has 0 atom stereocenters. The van der Waals surface area contributed by atoms with Gasteiger partial charge in [-0.1, -0.05) is 12.1 Å². The van der Waals surface area contributed by atoms with E-state index < -0.39 is 11.7 Å². The van der Waals surface area contributed by atoms with Crippen LogP contribution in [-0.4, -0.2) is 5.91 Å². The molecule has 20 heavy (non-hydrogen) atoms. The first-order valence-corrected chi connectivity index (χ1v) is 6.81. The Balaban J connectivity index is 2.33. The molecule has 0 aromatic heterocycles. The summed E-state index contributed by atoms with van der Waals surface area (Å²) < 4.78 is 14.1. The number of aryl methyl sites for hydroxylation is 2. The molecular formula is C15H14BrFN2O. The summed E-state index contributed by atoms with van der Waals surface area (Å²) in [5.74, 6) is -1.09. The van der Waals surface area contributed by atoms with E-state index in [0.29, 0.717) is 11.4 Å². The molecule has 0 heterocycles. The Morgan fingerprint density at radius 3 is 2.65 bits per heavy atom. The Kier molecular flexibility index (Phi) is 4.09. The molecule has 3 nitrogen and oxygen atoms in total. The van der Waals surface area contributed by atoms with E-state index in [9.17, 15) is 9.18 Å². The van der Waals surface area contributed by atoms with E-state index in [0.717, 1.165) is 11.1 Å². The molecule has 2 aromatic carbocycles. The van der Waals surface area contributed by atoms with E-state index in [-0.39, 0.29) is 10.0 Å². The van der Waals surface area contributed by atoms with Gasteiger partial charge in [0.25, 0.3) is 5.91 Å². The highest BCUT2D eigenvalue weighted by Crippen LogP contribution is 2.24. The number of nitrogens with one attached hydrogen (secondary N) is 1. The monoisotopic (exact) mass is 336 g/mol. The third-order valence-electron chi connectivity index (χ3n) is 3.06. The fraction of sp³-hybridized carbons (Fsp3) is 0.133. The molecule has 1 amide bonds. The van der Waals surface area contributed by atoms with Crippen molar-refractivity contribution in [1.29, 1.82) is 0 Å². The van der Waals surface area contributed by atoms with Gasteiger partial charge in [-0.2, -0.15) is 0 Å². The number of benzene rings is 2. The zero-order valence-corrected chi connectivity index (χ0v) is 12.7. The molecule has 0 radical (unpaired) electrons. The molecule has 0 fully saturated rings. The summed E-state index contributed by atoms with van der Waals surface area (Å²) in [6.45, 7) is 3.75. The van der Waals surface area contributed by atoms with Crippen molar-refractivity contribution in [2.45, 2.75) is 13.8 Å². The van der Waals surface area contributed by atoms with Crippen LogP contribution in [0, 0.1) is 19.7 Å². The average Bonchev–Trinajstić information content (AvgIpc) is 2.39. The largest absolute Gasteiger partial charge is 0.398 e. The van der Waals surface area contributed by atoms with Crippen molar-refractivity contribution in [3.63, 3.8) is 0 Å². The Labute approximate surface area is 125 Å². The van der Waals surface area contributed by atoms with Crippen molar-refractivity contribution >= 4 is 33.2 Å². The van der Waals surface area contributed by atoms with Crippen LogP contribution in [0.3, 0.4) is 0 Å². The lowest BCUT2D eigenvalue weighted by molar-refractivity contribution is 0.102. The number of carbonyl (C=O) groups excluding carboxylic acids is 1. The third-order valence-corrected chi connectivity index (χ3v) is 3.67. The number of rotatable bonds is 2. The predicted molar refractivity (Wildman–Crippen MR) is 82.4 cm³/mol. The molecule has 0 unspecified atom stereocenters. The number of hydrogen-bond acceptors (Lipinski definition) is 2. The van der Waals surface area contributed by atoms with Crippen molar-refractivity contribution in [1.82, 2.24) is 0 Å². The van der Waals surface area contributed by atoms with Crippen LogP contribution in [0.5, 0.6) is 0 Å². The van der Waals surface area contributed by atoms with Crippen LogP contribution in [0.4, 0.5) is 15.8 Å². The minimum Gasteiger partial charge on any atom is -0.398 e. The first kappa shape index (κ1) is 14.5. The van der Waals surface area contributed by atoms with Gasteiger partial charge in [-0.25, -0.2) is 4.39 Å². The summed E-state index contributed by atoms with van der Waals surface area (Å²) in [5.41, 5.74) is 8.79. The van der Waals surface area contributed by atoms with E-state index in [1.807, 2.05) is 19.9 Å². The van der Waals surface area contributed by atoms with Crippen molar-refractivity contribution in [3.8, 4) is 0 Å². The first-order valence-electron chi connectivity index (χ1n) is 6.02. The standard InChI is InChI=1S/C15H14BrFN2O/c1-8-6-9(2)13(7-12(8)18)19-15(20)10-4-3-5-11(16)14(10)17/h3-7H,18H2,1-2H3,(H,19,20). The summed E-state index contributed by atoms with van der Waals surface area (Å²) in [7, 11) is 0. The molecule has 0 saturated carbocycles. The normalized spacial score (nSPS) is 10.4. The first-order chi connectivity index (χ1) is 9.40. The molecule has 0 spiro atoms. The van der Waals surface area contributed by atoms with Gasteiger partial charge in [0.1, 0.15) is 5.82 Å². The Morgan fingerprint density at radius 1 is 1.25 bits per heavy atom. The Morgan fingerprint density at radius 2 is 1.95 bits per heavy atom. The van der Waals surface area contributed by atoms with Gasteiger partial charge in [0.05, 0.1) is 10.0 Å². The van der Waals surface area contributed by atoms with Gasteiger partial charge < -0.3 is 11.1 Å². The van der Waals surface area contributed by atoms with Gasteiger partial charge in [-0.15, -0.1) is 0 Å². The topological polar surface area (TPSA) is 55.1 Å². The van der Waals surface area contributed by atoms with Gasteiger partial charge in [0.2, 0.25) is 0 Å². The maximum absolute atomic E-state index is 13.9. The number of nitrogen functional groups attached to an aromatic ring is 1. The molecule has 2 aromatic rings. The highest BCUT2D eigenvalue weighted by Gasteiger charge is 2.15. The molecule has 104 valence electrons. The van der Waals surface area contributed by atoms with Crippen LogP contribution in [-0.2, 0) is 0 Å². The molecule has 0 aliphatic carbocycles. The maximum atomic E-state index is 13.9. The lowest BCUT2D eigenvalue weighted by atomic mass is 10.1. The highest BCUT2D eigenvalue weighted by atomic mass is 79.9. The number of carbonyl (C=O) groups is 1. The number of anilines is 2. The third kappa shape index (κ3) is 2.82. The van der Waals surface area contributed by atoms with Crippen molar-refractivity contribution in [3.05, 3.63) is 57.3 Å². The van der Waals surface area contributed by atoms with Crippen LogP contribution in [0.15, 0.2) is 34.8 Å². The van der Waals surface area contributed by atoms with E-state index in [4.69, 9.17) is 5.73 Å².